The number of fused-ring (bicyclic) bond motifs is 13. The molecule has 0 atom stereocenters. The average Bonchev–Trinajstić information content (AvgIpc) is 2.83. The zero-order valence-corrected chi connectivity index (χ0v) is 16.4. The van der Waals surface area contributed by atoms with Crippen molar-refractivity contribution in [3.63, 3.8) is 0 Å². The molecule has 2 aliphatic rings. The minimum Gasteiger partial charge on any atom is -0.376 e. The summed E-state index contributed by atoms with van der Waals surface area (Å²) in [4.78, 5) is 2.56. The van der Waals surface area contributed by atoms with E-state index in [1.54, 1.807) is 0 Å². The molecule has 1 nitrogen and oxygen atoms in total. The first-order valence-electron chi connectivity index (χ1n) is 10.5. The van der Waals surface area contributed by atoms with Crippen LogP contribution in [0.2, 0.25) is 0 Å². The molecule has 30 heavy (non-hydrogen) atoms. The van der Waals surface area contributed by atoms with Crippen LogP contribution >= 0.6 is 0 Å². The van der Waals surface area contributed by atoms with E-state index < -0.39 is 0 Å². The molecule has 0 amide bonds. The quantitative estimate of drug-likeness (QED) is 0.310. The van der Waals surface area contributed by atoms with Gasteiger partial charge >= 0.3 is 6.85 Å². The summed E-state index contributed by atoms with van der Waals surface area (Å²) < 4.78 is 0. The first kappa shape index (κ1) is 16.1. The predicted molar refractivity (Wildman–Crippen MR) is 128 cm³/mol. The molecule has 0 spiro atoms. The Hall–Kier alpha value is -3.78. The van der Waals surface area contributed by atoms with Gasteiger partial charge < -0.3 is 4.81 Å². The summed E-state index contributed by atoms with van der Waals surface area (Å²) in [6.45, 7) is 0.181. The lowest BCUT2D eigenvalue weighted by Gasteiger charge is -2.43. The average molecular weight is 379 g/mol. The fourth-order valence-corrected chi connectivity index (χ4v) is 5.45. The van der Waals surface area contributed by atoms with Crippen LogP contribution < -0.4 is 15.7 Å². The summed E-state index contributed by atoms with van der Waals surface area (Å²) in [6, 6.07) is 40.0. The lowest BCUT2D eigenvalue weighted by Crippen LogP contribution is -2.59. The Kier molecular flexibility index (Phi) is 3.14. The van der Waals surface area contributed by atoms with Gasteiger partial charge in [0.25, 0.3) is 0 Å². The molecular formula is C28H18BN. The Balaban J connectivity index is 1.66. The summed E-state index contributed by atoms with van der Waals surface area (Å²) in [5, 5.41) is 2.60. The Labute approximate surface area is 176 Å². The van der Waals surface area contributed by atoms with E-state index >= 15 is 0 Å². The largest absolute Gasteiger partial charge is 0.376 e. The van der Waals surface area contributed by atoms with E-state index in [-0.39, 0.29) is 6.85 Å². The van der Waals surface area contributed by atoms with Gasteiger partial charge in [-0.2, -0.15) is 0 Å². The van der Waals surface area contributed by atoms with E-state index in [4.69, 9.17) is 0 Å². The summed E-state index contributed by atoms with van der Waals surface area (Å²) in [5.74, 6) is 0. The van der Waals surface area contributed by atoms with Crippen molar-refractivity contribution in [3.05, 3.63) is 109 Å². The van der Waals surface area contributed by atoms with Gasteiger partial charge in [-0.1, -0.05) is 97.1 Å². The zero-order chi connectivity index (χ0) is 19.7. The molecule has 0 aromatic heterocycles. The van der Waals surface area contributed by atoms with Crippen LogP contribution in [0.3, 0.4) is 0 Å². The van der Waals surface area contributed by atoms with Gasteiger partial charge in [-0.15, -0.1) is 0 Å². The molecule has 138 valence electrons. The van der Waals surface area contributed by atoms with Gasteiger partial charge in [-0.3, -0.25) is 0 Å². The number of anilines is 2. The normalized spacial score (nSPS) is 13.2. The summed E-state index contributed by atoms with van der Waals surface area (Å²) >= 11 is 0. The van der Waals surface area contributed by atoms with Crippen LogP contribution in [-0.4, -0.2) is 6.85 Å². The second kappa shape index (κ2) is 5.87. The monoisotopic (exact) mass is 379 g/mol. The topological polar surface area (TPSA) is 3.24 Å². The Morgan fingerprint density at radius 1 is 0.467 bits per heavy atom. The van der Waals surface area contributed by atoms with Gasteiger partial charge in [0.15, 0.2) is 0 Å². The highest BCUT2D eigenvalue weighted by Crippen LogP contribution is 2.47. The standard InChI is InChI=1S/C28H18BN/c1-2-10-20-19(9-1)17-18-27-28(20)23-13-4-7-15-25(23)29-24-14-6-3-11-21(24)22-12-5-8-16-26(22)30(27)29/h1-18H. The van der Waals surface area contributed by atoms with Crippen LogP contribution in [0, 0.1) is 0 Å². The van der Waals surface area contributed by atoms with E-state index in [1.165, 1.54) is 55.3 Å². The summed E-state index contributed by atoms with van der Waals surface area (Å²) in [5.41, 5.74) is 10.7. The van der Waals surface area contributed by atoms with Gasteiger partial charge in [-0.05, 0) is 45.0 Å². The number of para-hydroxylation sites is 1. The van der Waals surface area contributed by atoms with Crippen molar-refractivity contribution >= 4 is 39.9 Å². The molecule has 0 aliphatic carbocycles. The molecule has 7 rings (SSSR count). The minimum absolute atomic E-state index is 0.181. The smallest absolute Gasteiger partial charge is 0.329 e. The first-order valence-corrected chi connectivity index (χ1v) is 10.5. The van der Waals surface area contributed by atoms with Gasteiger partial charge in [0, 0.05) is 22.5 Å². The van der Waals surface area contributed by atoms with Crippen molar-refractivity contribution in [3.8, 4) is 22.3 Å². The third kappa shape index (κ3) is 1.98. The maximum atomic E-state index is 2.56. The number of hydrogen-bond donors (Lipinski definition) is 0. The number of rotatable bonds is 0. The van der Waals surface area contributed by atoms with Crippen LogP contribution in [0.1, 0.15) is 0 Å². The lowest BCUT2D eigenvalue weighted by atomic mass is 9.43. The second-order valence-corrected chi connectivity index (χ2v) is 8.15. The first-order chi connectivity index (χ1) is 14.9. The Bertz CT molecular complexity index is 1470. The number of hydrogen-bond acceptors (Lipinski definition) is 1. The highest BCUT2D eigenvalue weighted by Gasteiger charge is 2.42. The number of nitrogens with zero attached hydrogens (tertiary/aromatic N) is 1. The molecule has 0 fully saturated rings. The minimum atomic E-state index is 0.181. The molecule has 0 saturated heterocycles. The van der Waals surface area contributed by atoms with Crippen molar-refractivity contribution in [2.75, 3.05) is 4.81 Å². The van der Waals surface area contributed by atoms with Crippen molar-refractivity contribution in [2.24, 2.45) is 0 Å². The fourth-order valence-electron chi connectivity index (χ4n) is 5.45. The molecule has 0 saturated carbocycles. The maximum Gasteiger partial charge on any atom is 0.329 e. The van der Waals surface area contributed by atoms with Crippen LogP contribution in [-0.2, 0) is 0 Å². The summed E-state index contributed by atoms with van der Waals surface area (Å²) in [6.07, 6.45) is 0. The number of benzene rings is 5. The molecule has 5 aromatic carbocycles. The molecule has 0 bridgehead atoms. The van der Waals surface area contributed by atoms with Crippen molar-refractivity contribution < 1.29 is 0 Å². The highest BCUT2D eigenvalue weighted by atomic mass is 15.1. The Morgan fingerprint density at radius 2 is 1.10 bits per heavy atom. The van der Waals surface area contributed by atoms with Gasteiger partial charge in [0.2, 0.25) is 0 Å². The van der Waals surface area contributed by atoms with E-state index in [2.05, 4.69) is 114 Å². The van der Waals surface area contributed by atoms with Gasteiger partial charge in [-0.25, -0.2) is 0 Å². The molecule has 0 radical (unpaired) electrons. The molecule has 0 N–H and O–H groups in total. The molecule has 2 heterocycles. The molecule has 5 aromatic rings. The van der Waals surface area contributed by atoms with Crippen LogP contribution in [0.25, 0.3) is 33.0 Å². The molecule has 0 unspecified atom stereocenters. The van der Waals surface area contributed by atoms with Gasteiger partial charge in [0.1, 0.15) is 0 Å². The van der Waals surface area contributed by atoms with Crippen molar-refractivity contribution in [1.29, 1.82) is 0 Å². The van der Waals surface area contributed by atoms with E-state index in [0.29, 0.717) is 0 Å². The van der Waals surface area contributed by atoms with E-state index in [1.807, 2.05) is 0 Å². The van der Waals surface area contributed by atoms with E-state index in [0.717, 1.165) is 0 Å². The second-order valence-electron chi connectivity index (χ2n) is 8.15. The fraction of sp³-hybridized carbons (Fsp3) is 0. The van der Waals surface area contributed by atoms with Crippen LogP contribution in [0.15, 0.2) is 109 Å². The lowest BCUT2D eigenvalue weighted by molar-refractivity contribution is 1.36. The van der Waals surface area contributed by atoms with Gasteiger partial charge in [0.05, 0.1) is 0 Å². The van der Waals surface area contributed by atoms with E-state index in [9.17, 15) is 0 Å². The third-order valence-electron chi connectivity index (χ3n) is 6.66. The molecular weight excluding hydrogens is 361 g/mol. The van der Waals surface area contributed by atoms with Crippen LogP contribution in [0.5, 0.6) is 0 Å². The zero-order valence-electron chi connectivity index (χ0n) is 16.4. The highest BCUT2D eigenvalue weighted by molar-refractivity contribution is 6.92. The Morgan fingerprint density at radius 3 is 1.97 bits per heavy atom. The molecule has 2 aliphatic heterocycles. The third-order valence-corrected chi connectivity index (χ3v) is 6.66. The summed E-state index contributed by atoms with van der Waals surface area (Å²) in [7, 11) is 0. The SMILES string of the molecule is c1ccc2c(c1)B1c3ccccc3-c3c(ccc4ccccc34)N1c1ccccc1-2. The van der Waals surface area contributed by atoms with Crippen LogP contribution in [0.4, 0.5) is 11.4 Å². The maximum absolute atomic E-state index is 2.56. The predicted octanol–water partition coefficient (Wildman–Crippen LogP) is 5.74. The van der Waals surface area contributed by atoms with Crippen molar-refractivity contribution in [2.45, 2.75) is 0 Å². The van der Waals surface area contributed by atoms with Crippen molar-refractivity contribution in [1.82, 2.24) is 0 Å². The molecule has 2 heteroatoms.